The number of esters is 1. The van der Waals surface area contributed by atoms with Crippen molar-refractivity contribution in [3.8, 4) is 12.1 Å². The highest BCUT2D eigenvalue weighted by Gasteiger charge is 2.61. The number of ether oxygens (including phenoxy) is 1. The Morgan fingerprint density at radius 3 is 2.00 bits per heavy atom. The van der Waals surface area contributed by atoms with Crippen molar-refractivity contribution in [3.05, 3.63) is 29.8 Å². The van der Waals surface area contributed by atoms with Gasteiger partial charge in [0.2, 0.25) is 0 Å². The highest BCUT2D eigenvalue weighted by Crippen LogP contribution is 2.57. The minimum absolute atomic E-state index is 0.302. The van der Waals surface area contributed by atoms with E-state index >= 15 is 0 Å². The van der Waals surface area contributed by atoms with Crippen molar-refractivity contribution in [2.75, 3.05) is 12.0 Å². The van der Waals surface area contributed by atoms with Gasteiger partial charge in [-0.3, -0.25) is 0 Å². The highest BCUT2D eigenvalue weighted by molar-refractivity contribution is 5.89. The number of nitriles is 2. The summed E-state index contributed by atoms with van der Waals surface area (Å²) in [4.78, 5) is 14.0. The molecule has 1 aliphatic heterocycles. The molecule has 0 aromatic heterocycles. The number of nitrogens with zero attached hydrogens (tertiary/aromatic N) is 3. The number of hydrogen-bond acceptors (Lipinski definition) is 5. The van der Waals surface area contributed by atoms with Crippen molar-refractivity contribution in [2.45, 2.75) is 68.9 Å². The summed E-state index contributed by atoms with van der Waals surface area (Å²) >= 11 is 0. The first-order valence-corrected chi connectivity index (χ1v) is 10.4. The van der Waals surface area contributed by atoms with Crippen LogP contribution in [0.1, 0.15) is 68.1 Å². The van der Waals surface area contributed by atoms with Gasteiger partial charge < -0.3 is 9.64 Å². The Kier molecular flexibility index (Phi) is 4.79. The van der Waals surface area contributed by atoms with Gasteiger partial charge in [-0.05, 0) is 68.2 Å². The van der Waals surface area contributed by atoms with Gasteiger partial charge in [0, 0.05) is 5.69 Å². The van der Waals surface area contributed by atoms with Gasteiger partial charge in [0.15, 0.2) is 0 Å². The Hall–Kier alpha value is -2.53. The molecular formula is C23H27N3O2. The molecule has 1 aromatic rings. The van der Waals surface area contributed by atoms with E-state index < -0.39 is 11.1 Å². The van der Waals surface area contributed by atoms with Crippen LogP contribution in [-0.4, -0.2) is 24.2 Å². The Labute approximate surface area is 166 Å². The third kappa shape index (κ3) is 2.60. The van der Waals surface area contributed by atoms with E-state index in [9.17, 15) is 15.3 Å². The van der Waals surface area contributed by atoms with E-state index in [1.165, 1.54) is 7.11 Å². The SMILES string of the molecule is COC(=O)c1ccc(N2[C@@]3(C#N)CCCC[C@H]3C[C@H]3CCCC[C@]32C#N)cc1. The summed E-state index contributed by atoms with van der Waals surface area (Å²) in [6, 6.07) is 12.7. The summed E-state index contributed by atoms with van der Waals surface area (Å²) in [6.07, 6.45) is 9.08. The van der Waals surface area contributed by atoms with E-state index in [2.05, 4.69) is 17.0 Å². The molecule has 5 heteroatoms. The highest BCUT2D eigenvalue weighted by atomic mass is 16.5. The van der Waals surface area contributed by atoms with Crippen LogP contribution in [0.5, 0.6) is 0 Å². The van der Waals surface area contributed by atoms with Gasteiger partial charge in [0.05, 0.1) is 24.8 Å². The van der Waals surface area contributed by atoms with Crippen LogP contribution < -0.4 is 4.90 Å². The summed E-state index contributed by atoms with van der Waals surface area (Å²) in [7, 11) is 1.37. The number of methoxy groups -OCH3 is 1. The Balaban J connectivity index is 1.86. The molecule has 0 radical (unpaired) electrons. The average Bonchev–Trinajstić information content (AvgIpc) is 2.76. The minimum Gasteiger partial charge on any atom is -0.465 e. The quantitative estimate of drug-likeness (QED) is 0.705. The van der Waals surface area contributed by atoms with Crippen molar-refractivity contribution in [3.63, 3.8) is 0 Å². The second-order valence-corrected chi connectivity index (χ2v) is 8.57. The zero-order chi connectivity index (χ0) is 19.8. The molecule has 0 N–H and O–H groups in total. The smallest absolute Gasteiger partial charge is 0.337 e. The molecule has 5 nitrogen and oxygen atoms in total. The minimum atomic E-state index is -0.630. The molecule has 2 aliphatic carbocycles. The molecule has 0 spiro atoms. The summed E-state index contributed by atoms with van der Waals surface area (Å²) < 4.78 is 4.82. The van der Waals surface area contributed by atoms with E-state index in [0.717, 1.165) is 63.5 Å². The van der Waals surface area contributed by atoms with Crippen LogP contribution in [0.25, 0.3) is 0 Å². The Morgan fingerprint density at radius 2 is 1.54 bits per heavy atom. The molecule has 0 amide bonds. The van der Waals surface area contributed by atoms with Crippen LogP contribution in [0.3, 0.4) is 0 Å². The Bertz CT molecular complexity index is 797. The van der Waals surface area contributed by atoms with E-state index in [-0.39, 0.29) is 5.97 Å². The van der Waals surface area contributed by atoms with Crippen LogP contribution in [0.4, 0.5) is 5.69 Å². The van der Waals surface area contributed by atoms with Gasteiger partial charge in [0.25, 0.3) is 0 Å². The average molecular weight is 377 g/mol. The lowest BCUT2D eigenvalue weighted by Crippen LogP contribution is -2.71. The number of hydrogen-bond donors (Lipinski definition) is 0. The lowest BCUT2D eigenvalue weighted by atomic mass is 9.57. The molecule has 1 aromatic carbocycles. The maximum absolute atomic E-state index is 11.9. The maximum atomic E-state index is 11.9. The molecule has 0 unspecified atom stereocenters. The molecular weight excluding hydrogens is 350 g/mol. The zero-order valence-corrected chi connectivity index (χ0v) is 16.5. The van der Waals surface area contributed by atoms with Gasteiger partial charge >= 0.3 is 5.97 Å². The second kappa shape index (κ2) is 7.13. The third-order valence-electron chi connectivity index (χ3n) is 7.37. The lowest BCUT2D eigenvalue weighted by molar-refractivity contribution is 0.0599. The first kappa shape index (κ1) is 18.8. The maximum Gasteiger partial charge on any atom is 0.337 e. The Morgan fingerprint density at radius 1 is 1.00 bits per heavy atom. The van der Waals surface area contributed by atoms with E-state index in [4.69, 9.17) is 4.74 Å². The predicted molar refractivity (Wildman–Crippen MR) is 105 cm³/mol. The third-order valence-corrected chi connectivity index (χ3v) is 7.37. The fraction of sp³-hybridized carbons (Fsp3) is 0.609. The van der Waals surface area contributed by atoms with E-state index in [1.807, 2.05) is 12.1 Å². The summed E-state index contributed by atoms with van der Waals surface area (Å²) in [5.74, 6) is 0.230. The van der Waals surface area contributed by atoms with Crippen LogP contribution >= 0.6 is 0 Å². The van der Waals surface area contributed by atoms with Crippen molar-refractivity contribution in [1.29, 1.82) is 10.5 Å². The van der Waals surface area contributed by atoms with Gasteiger partial charge in [-0.1, -0.05) is 25.7 Å². The molecule has 4 atom stereocenters. The molecule has 146 valence electrons. The molecule has 4 rings (SSSR count). The van der Waals surface area contributed by atoms with Crippen LogP contribution in [-0.2, 0) is 4.74 Å². The predicted octanol–water partition coefficient (Wildman–Crippen LogP) is 4.59. The number of fused-ring (bicyclic) bond motifs is 2. The summed E-state index contributed by atoms with van der Waals surface area (Å²) in [5.41, 5.74) is 0.110. The van der Waals surface area contributed by atoms with E-state index in [1.54, 1.807) is 12.1 Å². The molecule has 28 heavy (non-hydrogen) atoms. The number of carbonyl (C=O) groups is 1. The van der Waals surface area contributed by atoms with Gasteiger partial charge in [-0.25, -0.2) is 4.79 Å². The lowest BCUT2D eigenvalue weighted by Gasteiger charge is -2.62. The second-order valence-electron chi connectivity index (χ2n) is 8.57. The van der Waals surface area contributed by atoms with Crippen molar-refractivity contribution < 1.29 is 9.53 Å². The molecule has 0 bridgehead atoms. The first-order valence-electron chi connectivity index (χ1n) is 10.4. The fourth-order valence-electron chi connectivity index (χ4n) is 6.09. The van der Waals surface area contributed by atoms with Crippen molar-refractivity contribution in [2.24, 2.45) is 11.8 Å². The molecule has 3 aliphatic rings. The molecule has 3 fully saturated rings. The van der Waals surface area contributed by atoms with Gasteiger partial charge in [-0.15, -0.1) is 0 Å². The first-order chi connectivity index (χ1) is 13.6. The standard InChI is InChI=1S/C23H27N3O2/c1-28-21(27)17-8-10-20(11-9-17)26-22(15-24)12-4-2-6-18(22)14-19-7-3-5-13-23(19,26)16-25/h8-11,18-19H,2-7,12-14H2,1H3/t18-,19+,22+,23-. The van der Waals surface area contributed by atoms with Gasteiger partial charge in [0.1, 0.15) is 11.1 Å². The zero-order valence-electron chi connectivity index (χ0n) is 16.5. The van der Waals surface area contributed by atoms with Crippen LogP contribution in [0, 0.1) is 34.5 Å². The van der Waals surface area contributed by atoms with Crippen molar-refractivity contribution in [1.82, 2.24) is 0 Å². The number of anilines is 1. The fourth-order valence-corrected chi connectivity index (χ4v) is 6.09. The van der Waals surface area contributed by atoms with Crippen LogP contribution in [0.15, 0.2) is 24.3 Å². The number of rotatable bonds is 2. The van der Waals surface area contributed by atoms with E-state index in [0.29, 0.717) is 17.4 Å². The van der Waals surface area contributed by atoms with Crippen molar-refractivity contribution >= 4 is 11.7 Å². The molecule has 1 heterocycles. The number of benzene rings is 1. The normalized spacial score (nSPS) is 34.3. The van der Waals surface area contributed by atoms with Crippen LogP contribution in [0.2, 0.25) is 0 Å². The largest absolute Gasteiger partial charge is 0.465 e. The molecule has 1 saturated heterocycles. The monoisotopic (exact) mass is 377 g/mol. The number of carbonyl (C=O) groups excluding carboxylic acids is 1. The van der Waals surface area contributed by atoms with Gasteiger partial charge in [-0.2, -0.15) is 10.5 Å². The number of piperidine rings is 1. The molecule has 2 saturated carbocycles. The topological polar surface area (TPSA) is 77.1 Å². The summed E-state index contributed by atoms with van der Waals surface area (Å²) in [6.45, 7) is 0. The summed E-state index contributed by atoms with van der Waals surface area (Å²) in [5, 5.41) is 20.8.